The number of para-hydroxylation sites is 1. The van der Waals surface area contributed by atoms with Gasteiger partial charge < -0.3 is 4.57 Å². The van der Waals surface area contributed by atoms with Crippen LogP contribution in [0.25, 0.3) is 106 Å². The summed E-state index contributed by atoms with van der Waals surface area (Å²) < 4.78 is 7.38. The lowest BCUT2D eigenvalue weighted by molar-refractivity contribution is 1.18. The summed E-state index contributed by atoms with van der Waals surface area (Å²) in [5, 5.41) is 14.4. The Morgan fingerprint density at radius 2 is 1.11 bits per heavy atom. The molecule has 0 bridgehead atoms. The van der Waals surface area contributed by atoms with E-state index in [1.54, 1.807) is 0 Å². The largest absolute Gasteiger partial charge is 0.308 e. The Morgan fingerprint density at radius 1 is 0.422 bits per heavy atom. The summed E-state index contributed by atoms with van der Waals surface area (Å²) in [6.07, 6.45) is 2.05. The number of amidine groups is 1. The van der Waals surface area contributed by atoms with E-state index in [2.05, 4.69) is 210 Å². The molecule has 5 heteroatoms. The first-order valence-corrected chi connectivity index (χ1v) is 23.2. The zero-order valence-corrected chi connectivity index (χ0v) is 35.8. The molecule has 1 aliphatic rings. The molecule has 0 amide bonds. The van der Waals surface area contributed by atoms with Gasteiger partial charge in [-0.2, -0.15) is 0 Å². The summed E-state index contributed by atoms with van der Waals surface area (Å²) in [5.74, 6) is 0.649. The summed E-state index contributed by atoms with van der Waals surface area (Å²) in [6.45, 7) is 0. The van der Waals surface area contributed by atoms with Gasteiger partial charge in [-0.1, -0.05) is 151 Å². The molecule has 0 N–H and O–H groups in total. The molecule has 3 nitrogen and oxygen atoms in total. The highest BCUT2D eigenvalue weighted by Gasteiger charge is 2.25. The number of allylic oxidation sites excluding steroid dienone is 1. The molecule has 64 heavy (non-hydrogen) atoms. The van der Waals surface area contributed by atoms with E-state index in [-0.39, 0.29) is 0 Å². The van der Waals surface area contributed by atoms with Gasteiger partial charge in [0.2, 0.25) is 0 Å². The van der Waals surface area contributed by atoms with Crippen LogP contribution in [0.15, 0.2) is 216 Å². The Labute approximate surface area is 375 Å². The van der Waals surface area contributed by atoms with E-state index in [0.717, 1.165) is 55.6 Å². The summed E-state index contributed by atoms with van der Waals surface area (Å²) in [7, 11) is 0. The van der Waals surface area contributed by atoms with E-state index >= 15 is 0 Å². The SMILES string of the molecule is C1=CC(c2ccc3ccccc3c2)=NC(c2c(-n3c4ccccc4c4cc5ccccc5cc43)ccc3sc4c5ccccc5ccc4c23)=NC=1c1cccc2sc3ccccc3c12. The van der Waals surface area contributed by atoms with Crippen LogP contribution in [0, 0.1) is 0 Å². The van der Waals surface area contributed by atoms with Crippen LogP contribution in [-0.4, -0.2) is 16.1 Å². The molecule has 3 aromatic heterocycles. The molecule has 0 radical (unpaired) electrons. The topological polar surface area (TPSA) is 29.6 Å². The maximum absolute atomic E-state index is 5.77. The number of aromatic nitrogens is 1. The lowest BCUT2D eigenvalue weighted by Crippen LogP contribution is -2.09. The van der Waals surface area contributed by atoms with Crippen LogP contribution >= 0.6 is 22.7 Å². The predicted octanol–water partition coefficient (Wildman–Crippen LogP) is 16.4. The molecule has 10 aromatic carbocycles. The Bertz CT molecular complexity index is 4300. The van der Waals surface area contributed by atoms with Crippen molar-refractivity contribution in [1.29, 1.82) is 0 Å². The third-order valence-electron chi connectivity index (χ3n) is 13.0. The molecular weight excluding hydrogens is 815 g/mol. The molecule has 4 heterocycles. The van der Waals surface area contributed by atoms with E-state index in [9.17, 15) is 0 Å². The Hall–Kier alpha value is -7.92. The second-order valence-corrected chi connectivity index (χ2v) is 18.7. The molecule has 0 saturated carbocycles. The zero-order chi connectivity index (χ0) is 41.9. The van der Waals surface area contributed by atoms with Crippen molar-refractivity contribution in [2.24, 2.45) is 9.98 Å². The fourth-order valence-corrected chi connectivity index (χ4v) is 12.5. The standard InChI is InChI=1S/C59H33N3S2/c1-2-14-37-32-40(25-24-35(37)12-1)47-28-29-48(43-20-11-23-53-55(43)44-19-8-10-22-52(44)63-53)61-59(60-47)57-50(30-31-54-56(57)45-27-26-36-13-5-6-17-41(36)58(45)64-54)62-49-21-9-7-18-42(49)46-33-38-15-3-4-16-39(38)34-51(46)62/h1-28,30-34H. The van der Waals surface area contributed by atoms with E-state index in [0.29, 0.717) is 5.84 Å². The van der Waals surface area contributed by atoms with Gasteiger partial charge in [-0.25, -0.2) is 9.98 Å². The van der Waals surface area contributed by atoms with Gasteiger partial charge in [0, 0.05) is 68.3 Å². The number of rotatable bonds is 4. The number of benzene rings is 10. The van der Waals surface area contributed by atoms with Crippen LogP contribution in [0.3, 0.4) is 0 Å². The van der Waals surface area contributed by atoms with Crippen LogP contribution < -0.4 is 0 Å². The molecule has 0 fully saturated rings. The molecule has 0 unspecified atom stereocenters. The lowest BCUT2D eigenvalue weighted by atomic mass is 10.00. The quantitative estimate of drug-likeness (QED) is 0.158. The molecular formula is C59H33N3S2. The Kier molecular flexibility index (Phi) is 7.68. The minimum Gasteiger partial charge on any atom is -0.308 e. The maximum atomic E-state index is 5.77. The van der Waals surface area contributed by atoms with E-state index < -0.39 is 0 Å². The van der Waals surface area contributed by atoms with Gasteiger partial charge >= 0.3 is 0 Å². The summed E-state index contributed by atoms with van der Waals surface area (Å²) in [4.78, 5) is 11.5. The average molecular weight is 848 g/mol. The predicted molar refractivity (Wildman–Crippen MR) is 277 cm³/mol. The van der Waals surface area contributed by atoms with E-state index in [1.165, 1.54) is 72.7 Å². The van der Waals surface area contributed by atoms with Gasteiger partial charge in [-0.3, -0.25) is 0 Å². The average Bonchev–Trinajstić information content (AvgIpc) is 3.97. The van der Waals surface area contributed by atoms with Crippen molar-refractivity contribution in [3.63, 3.8) is 0 Å². The number of fused-ring (bicyclic) bond motifs is 13. The first-order chi connectivity index (χ1) is 31.7. The highest BCUT2D eigenvalue weighted by atomic mass is 32.1. The third-order valence-corrected chi connectivity index (χ3v) is 15.3. The molecule has 0 atom stereocenters. The summed E-state index contributed by atoms with van der Waals surface area (Å²) >= 11 is 3.67. The number of aliphatic imine (C=N–C) groups is 2. The number of hydrogen-bond donors (Lipinski definition) is 0. The van der Waals surface area contributed by atoms with Crippen molar-refractivity contribution in [3.8, 4) is 5.69 Å². The molecule has 0 spiro atoms. The van der Waals surface area contributed by atoms with Crippen LogP contribution in [0.1, 0.15) is 16.7 Å². The van der Waals surface area contributed by atoms with Crippen LogP contribution in [-0.2, 0) is 0 Å². The van der Waals surface area contributed by atoms with Crippen LogP contribution in [0.5, 0.6) is 0 Å². The molecule has 14 rings (SSSR count). The highest BCUT2D eigenvalue weighted by Crippen LogP contribution is 2.45. The van der Waals surface area contributed by atoms with Crippen molar-refractivity contribution in [3.05, 3.63) is 223 Å². The normalized spacial score (nSPS) is 13.3. The van der Waals surface area contributed by atoms with Crippen molar-refractivity contribution in [1.82, 2.24) is 4.57 Å². The Morgan fingerprint density at radius 3 is 1.98 bits per heavy atom. The summed E-state index contributed by atoms with van der Waals surface area (Å²) in [6, 6.07) is 70.5. The minimum atomic E-state index is 0.649. The van der Waals surface area contributed by atoms with Crippen molar-refractivity contribution < 1.29 is 0 Å². The van der Waals surface area contributed by atoms with Crippen molar-refractivity contribution >= 4 is 134 Å². The van der Waals surface area contributed by atoms with Crippen molar-refractivity contribution in [2.45, 2.75) is 0 Å². The third kappa shape index (κ3) is 5.33. The number of thiophene rings is 2. The molecule has 0 saturated heterocycles. The van der Waals surface area contributed by atoms with Crippen LogP contribution in [0.4, 0.5) is 0 Å². The van der Waals surface area contributed by atoms with Crippen LogP contribution in [0.2, 0.25) is 0 Å². The smallest absolute Gasteiger partial charge is 0.163 e. The van der Waals surface area contributed by atoms with Gasteiger partial charge in [0.15, 0.2) is 5.84 Å². The van der Waals surface area contributed by atoms with Gasteiger partial charge in [0.05, 0.1) is 28.0 Å². The zero-order valence-electron chi connectivity index (χ0n) is 34.2. The molecule has 1 aliphatic heterocycles. The van der Waals surface area contributed by atoms with E-state index in [4.69, 9.17) is 9.98 Å². The summed E-state index contributed by atoms with van der Waals surface area (Å²) in [5.41, 5.74) is 11.7. The second-order valence-electron chi connectivity index (χ2n) is 16.6. The van der Waals surface area contributed by atoms with Gasteiger partial charge in [0.1, 0.15) is 5.70 Å². The van der Waals surface area contributed by atoms with Gasteiger partial charge in [-0.15, -0.1) is 22.7 Å². The first-order valence-electron chi connectivity index (χ1n) is 21.6. The minimum absolute atomic E-state index is 0.649. The van der Waals surface area contributed by atoms with Crippen molar-refractivity contribution in [2.75, 3.05) is 0 Å². The fourth-order valence-electron chi connectivity index (χ4n) is 10.1. The number of nitrogens with zero attached hydrogens (tertiary/aromatic N) is 3. The Balaban J connectivity index is 1.14. The van der Waals surface area contributed by atoms with Gasteiger partial charge in [-0.05, 0) is 80.8 Å². The highest BCUT2D eigenvalue weighted by molar-refractivity contribution is 7.27. The first kappa shape index (κ1) is 35.7. The number of hydrogen-bond acceptors (Lipinski definition) is 4. The molecule has 296 valence electrons. The molecule has 0 aliphatic carbocycles. The second kappa shape index (κ2) is 13.8. The molecule has 13 aromatic rings. The van der Waals surface area contributed by atoms with Gasteiger partial charge in [0.25, 0.3) is 0 Å². The monoisotopic (exact) mass is 847 g/mol. The lowest BCUT2D eigenvalue weighted by Gasteiger charge is -2.16. The maximum Gasteiger partial charge on any atom is 0.163 e. The fraction of sp³-hybridized carbons (Fsp3) is 0. The van der Waals surface area contributed by atoms with E-state index in [1.807, 2.05) is 22.7 Å².